The largest absolute Gasteiger partial charge is 0.330 e. The van der Waals surface area contributed by atoms with Crippen molar-refractivity contribution in [3.63, 3.8) is 0 Å². The minimum Gasteiger partial charge on any atom is -0.330 e. The van der Waals surface area contributed by atoms with E-state index in [1.54, 1.807) is 22.7 Å². The Morgan fingerprint density at radius 3 is 2.96 bits per heavy atom. The Hall–Kier alpha value is -1.17. The Bertz CT molecular complexity index is 752. The fourth-order valence-corrected chi connectivity index (χ4v) is 6.58. The van der Waals surface area contributed by atoms with Crippen molar-refractivity contribution < 1.29 is 4.79 Å². The average Bonchev–Trinajstić information content (AvgIpc) is 3.09. The van der Waals surface area contributed by atoms with Gasteiger partial charge in [-0.1, -0.05) is 0 Å². The van der Waals surface area contributed by atoms with Gasteiger partial charge in [0.15, 0.2) is 0 Å². The number of carbonyl (C=O) groups is 1. The Kier molecular flexibility index (Phi) is 3.99. The maximum Gasteiger partial charge on any atom is 0.264 e. The highest BCUT2D eigenvalue weighted by Crippen LogP contribution is 2.56. The summed E-state index contributed by atoms with van der Waals surface area (Å²) in [6, 6.07) is 4.78. The Labute approximate surface area is 157 Å². The second kappa shape index (κ2) is 6.22. The molecule has 0 radical (unpaired) electrons. The van der Waals surface area contributed by atoms with Gasteiger partial charge in [0.2, 0.25) is 0 Å². The molecule has 0 aromatic carbocycles. The van der Waals surface area contributed by atoms with E-state index in [2.05, 4.69) is 33.1 Å². The lowest BCUT2D eigenvalue weighted by atomic mass is 9.93. The molecule has 2 aliphatic carbocycles. The lowest BCUT2D eigenvalue weighted by Crippen LogP contribution is -2.38. The van der Waals surface area contributed by atoms with Crippen molar-refractivity contribution >= 4 is 28.6 Å². The first-order valence-corrected chi connectivity index (χ1v) is 11.2. The summed E-state index contributed by atoms with van der Waals surface area (Å²) in [5.74, 6) is 0.269. The summed E-state index contributed by atoms with van der Waals surface area (Å²) >= 11 is 3.47. The van der Waals surface area contributed by atoms with Crippen molar-refractivity contribution in [3.05, 3.63) is 43.8 Å². The maximum atomic E-state index is 13.4. The molecule has 1 saturated heterocycles. The first kappa shape index (κ1) is 16.0. The van der Waals surface area contributed by atoms with Crippen molar-refractivity contribution in [2.75, 3.05) is 13.1 Å². The molecule has 1 unspecified atom stereocenters. The maximum absolute atomic E-state index is 13.4. The third-order valence-corrected chi connectivity index (χ3v) is 8.23. The highest BCUT2D eigenvalue weighted by Gasteiger charge is 2.57. The number of thiophene rings is 2. The molecule has 1 aliphatic heterocycles. The van der Waals surface area contributed by atoms with E-state index in [9.17, 15) is 4.79 Å². The van der Waals surface area contributed by atoms with E-state index in [1.807, 2.05) is 0 Å². The Balaban J connectivity index is 1.41. The molecule has 1 N–H and O–H groups in total. The van der Waals surface area contributed by atoms with Crippen LogP contribution < -0.4 is 5.32 Å². The van der Waals surface area contributed by atoms with E-state index >= 15 is 0 Å². The van der Waals surface area contributed by atoms with Crippen LogP contribution in [0.15, 0.2) is 22.9 Å². The van der Waals surface area contributed by atoms with Gasteiger partial charge in [-0.3, -0.25) is 4.79 Å². The average molecular weight is 373 g/mol. The van der Waals surface area contributed by atoms with Crippen molar-refractivity contribution in [1.82, 2.24) is 10.2 Å². The predicted molar refractivity (Wildman–Crippen MR) is 103 cm³/mol. The standard InChI is InChI=1S/C20H24N2OS2/c23-19(17-10-15-2-1-3-16(15)25-17)22(12-14-4-9-24-13-14)18-11-20(18)5-7-21-8-6-20/h4,9-10,13,18,21H,1-3,5-8,11-12H2. The van der Waals surface area contributed by atoms with Crippen LogP contribution in [0.5, 0.6) is 0 Å². The molecule has 2 aromatic heterocycles. The van der Waals surface area contributed by atoms with E-state index in [0.717, 1.165) is 37.4 Å². The van der Waals surface area contributed by atoms with Crippen LogP contribution in [0.4, 0.5) is 0 Å². The molecule has 3 aliphatic rings. The van der Waals surface area contributed by atoms with Gasteiger partial charge in [-0.2, -0.15) is 11.3 Å². The zero-order valence-electron chi connectivity index (χ0n) is 14.4. The number of hydrogen-bond donors (Lipinski definition) is 1. The minimum atomic E-state index is 0.269. The zero-order chi connectivity index (χ0) is 16.9. The molecule has 25 heavy (non-hydrogen) atoms. The van der Waals surface area contributed by atoms with E-state index < -0.39 is 0 Å². The Morgan fingerprint density at radius 1 is 1.32 bits per heavy atom. The van der Waals surface area contributed by atoms with Crippen molar-refractivity contribution in [2.24, 2.45) is 5.41 Å². The number of rotatable bonds is 4. The monoisotopic (exact) mass is 372 g/mol. The van der Waals surface area contributed by atoms with Crippen LogP contribution in [0.2, 0.25) is 0 Å². The number of aryl methyl sites for hydroxylation is 2. The van der Waals surface area contributed by atoms with Crippen molar-refractivity contribution in [2.45, 2.75) is 51.1 Å². The highest BCUT2D eigenvalue weighted by atomic mass is 32.1. The van der Waals surface area contributed by atoms with Gasteiger partial charge in [-0.05, 0) is 91.0 Å². The van der Waals surface area contributed by atoms with Gasteiger partial charge in [-0.25, -0.2) is 0 Å². The van der Waals surface area contributed by atoms with E-state index in [4.69, 9.17) is 0 Å². The summed E-state index contributed by atoms with van der Waals surface area (Å²) in [6.07, 6.45) is 7.19. The van der Waals surface area contributed by atoms with Gasteiger partial charge in [0.25, 0.3) is 5.91 Å². The van der Waals surface area contributed by atoms with Crippen LogP contribution in [-0.2, 0) is 19.4 Å². The fourth-order valence-electron chi connectivity index (χ4n) is 4.71. The number of nitrogens with one attached hydrogen (secondary N) is 1. The number of hydrogen-bond acceptors (Lipinski definition) is 4. The van der Waals surface area contributed by atoms with Crippen molar-refractivity contribution in [3.8, 4) is 0 Å². The molecule has 1 saturated carbocycles. The molecule has 3 heterocycles. The van der Waals surface area contributed by atoms with E-state index in [1.165, 1.54) is 41.7 Å². The number of piperidine rings is 1. The molecule has 2 fully saturated rings. The lowest BCUT2D eigenvalue weighted by molar-refractivity contribution is 0.0697. The van der Waals surface area contributed by atoms with Gasteiger partial charge in [0.1, 0.15) is 0 Å². The number of carbonyl (C=O) groups excluding carboxylic acids is 1. The molecule has 1 amide bonds. The summed E-state index contributed by atoms with van der Waals surface area (Å²) < 4.78 is 0. The van der Waals surface area contributed by atoms with Crippen LogP contribution >= 0.6 is 22.7 Å². The summed E-state index contributed by atoms with van der Waals surface area (Å²) in [5, 5.41) is 7.78. The molecule has 3 nitrogen and oxygen atoms in total. The third kappa shape index (κ3) is 2.86. The molecule has 132 valence electrons. The Morgan fingerprint density at radius 2 is 2.20 bits per heavy atom. The van der Waals surface area contributed by atoms with Gasteiger partial charge < -0.3 is 10.2 Å². The second-order valence-electron chi connectivity index (χ2n) is 7.81. The van der Waals surface area contributed by atoms with E-state index in [-0.39, 0.29) is 5.91 Å². The molecule has 2 aromatic rings. The second-order valence-corrected chi connectivity index (χ2v) is 9.73. The van der Waals surface area contributed by atoms with Crippen LogP contribution in [0.3, 0.4) is 0 Å². The quantitative estimate of drug-likeness (QED) is 0.877. The molecule has 1 atom stereocenters. The molecule has 1 spiro atoms. The van der Waals surface area contributed by atoms with Gasteiger partial charge in [0, 0.05) is 17.5 Å². The number of amides is 1. The van der Waals surface area contributed by atoms with Gasteiger partial charge in [-0.15, -0.1) is 11.3 Å². The molecular weight excluding hydrogens is 348 g/mol. The predicted octanol–water partition coefficient (Wildman–Crippen LogP) is 4.08. The summed E-state index contributed by atoms with van der Waals surface area (Å²) in [6.45, 7) is 2.97. The first-order valence-electron chi connectivity index (χ1n) is 9.40. The summed E-state index contributed by atoms with van der Waals surface area (Å²) in [4.78, 5) is 18.0. The molecule has 5 heteroatoms. The van der Waals surface area contributed by atoms with Crippen LogP contribution in [-0.4, -0.2) is 29.9 Å². The highest BCUT2D eigenvalue weighted by molar-refractivity contribution is 7.14. The topological polar surface area (TPSA) is 32.3 Å². The van der Waals surface area contributed by atoms with Gasteiger partial charge in [0.05, 0.1) is 4.88 Å². The van der Waals surface area contributed by atoms with Gasteiger partial charge >= 0.3 is 0 Å². The van der Waals surface area contributed by atoms with E-state index in [0.29, 0.717) is 11.5 Å². The number of fused-ring (bicyclic) bond motifs is 1. The summed E-state index contributed by atoms with van der Waals surface area (Å²) in [5.41, 5.74) is 3.09. The zero-order valence-corrected chi connectivity index (χ0v) is 16.1. The van der Waals surface area contributed by atoms with Crippen LogP contribution in [0.1, 0.15) is 51.4 Å². The normalized spacial score (nSPS) is 23.6. The minimum absolute atomic E-state index is 0.269. The molecular formula is C20H24N2OS2. The first-order chi connectivity index (χ1) is 12.3. The summed E-state index contributed by atoms with van der Waals surface area (Å²) in [7, 11) is 0. The molecule has 0 bridgehead atoms. The fraction of sp³-hybridized carbons (Fsp3) is 0.550. The van der Waals surface area contributed by atoms with Crippen molar-refractivity contribution in [1.29, 1.82) is 0 Å². The lowest BCUT2D eigenvalue weighted by Gasteiger charge is -2.29. The third-order valence-electron chi connectivity index (χ3n) is 6.27. The SMILES string of the molecule is O=C(c1cc2c(s1)CCC2)N(Cc1ccsc1)C1CC12CCNCC2. The molecule has 5 rings (SSSR count). The van der Waals surface area contributed by atoms with Crippen LogP contribution in [0, 0.1) is 5.41 Å². The van der Waals surface area contributed by atoms with Crippen LogP contribution in [0.25, 0.3) is 0 Å². The smallest absolute Gasteiger partial charge is 0.264 e. The number of nitrogens with zero attached hydrogens (tertiary/aromatic N) is 1.